The summed E-state index contributed by atoms with van der Waals surface area (Å²) >= 11 is 6.01. The first-order valence-electron chi connectivity index (χ1n) is 9.94. The third-order valence-electron chi connectivity index (χ3n) is 5.58. The zero-order valence-electron chi connectivity index (χ0n) is 17.6. The van der Waals surface area contributed by atoms with Crippen molar-refractivity contribution in [3.8, 4) is 11.8 Å². The highest BCUT2D eigenvalue weighted by molar-refractivity contribution is 7.89. The summed E-state index contributed by atoms with van der Waals surface area (Å²) in [6.45, 7) is 4.86. The van der Waals surface area contributed by atoms with E-state index in [1.54, 1.807) is 23.9 Å². The number of fused-ring (bicyclic) bond motifs is 1. The van der Waals surface area contributed by atoms with Gasteiger partial charge in [-0.1, -0.05) is 60.2 Å². The molecule has 0 radical (unpaired) electrons. The van der Waals surface area contributed by atoms with Crippen LogP contribution in [0.1, 0.15) is 25.8 Å². The Bertz CT molecular complexity index is 1350. The largest absolute Gasteiger partial charge is 0.248 e. The summed E-state index contributed by atoms with van der Waals surface area (Å²) < 4.78 is 30.0. The molecule has 160 valence electrons. The minimum Gasteiger partial charge on any atom is -0.248 e. The first kappa shape index (κ1) is 21.6. The maximum Gasteiger partial charge on any atom is 0.245 e. The molecule has 31 heavy (non-hydrogen) atoms. The van der Waals surface area contributed by atoms with E-state index in [1.807, 2.05) is 50.3 Å². The molecule has 1 fully saturated rings. The first-order valence-corrected chi connectivity index (χ1v) is 11.8. The fraction of sp³-hybridized carbons (Fsp3) is 0.304. The lowest BCUT2D eigenvalue weighted by Gasteiger charge is -2.39. The topological polar surface area (TPSA) is 68.1 Å². The molecule has 8 heteroatoms. The van der Waals surface area contributed by atoms with E-state index in [2.05, 4.69) is 22.2 Å². The lowest BCUT2D eigenvalue weighted by molar-refractivity contribution is 0.254. The lowest BCUT2D eigenvalue weighted by Crippen LogP contribution is -2.44. The van der Waals surface area contributed by atoms with E-state index < -0.39 is 10.0 Å². The lowest BCUT2D eigenvalue weighted by atomic mass is 9.79. The molecule has 4 rings (SSSR count). The van der Waals surface area contributed by atoms with Crippen LogP contribution in [-0.2, 0) is 17.1 Å². The number of nitrogens with zero attached hydrogens (tertiary/aromatic N) is 4. The maximum atomic E-state index is 13.4. The first-order chi connectivity index (χ1) is 14.7. The molecule has 0 atom stereocenters. The highest BCUT2D eigenvalue weighted by Crippen LogP contribution is 2.37. The predicted molar refractivity (Wildman–Crippen MR) is 122 cm³/mol. The van der Waals surface area contributed by atoms with Crippen LogP contribution in [0.3, 0.4) is 0 Å². The molecule has 6 nitrogen and oxygen atoms in total. The van der Waals surface area contributed by atoms with Gasteiger partial charge in [0.25, 0.3) is 0 Å². The number of allylic oxidation sites excluding steroid dienone is 1. The average Bonchev–Trinajstić information content (AvgIpc) is 3.10. The predicted octanol–water partition coefficient (Wildman–Crippen LogP) is 4.02. The summed E-state index contributed by atoms with van der Waals surface area (Å²) in [4.78, 5) is 0.196. The third kappa shape index (κ3) is 4.24. The van der Waals surface area contributed by atoms with Gasteiger partial charge >= 0.3 is 0 Å². The Morgan fingerprint density at radius 3 is 2.71 bits per heavy atom. The zero-order valence-corrected chi connectivity index (χ0v) is 19.2. The molecule has 1 saturated heterocycles. The van der Waals surface area contributed by atoms with Crippen molar-refractivity contribution in [3.63, 3.8) is 0 Å². The van der Waals surface area contributed by atoms with Gasteiger partial charge in [0.15, 0.2) is 0 Å². The number of aromatic nitrogens is 3. The smallest absolute Gasteiger partial charge is 0.245 e. The molecule has 1 aliphatic rings. The number of piperidine rings is 1. The number of sulfonamides is 1. The van der Waals surface area contributed by atoms with Crippen LogP contribution in [0.15, 0.2) is 59.0 Å². The minimum atomic E-state index is -3.70. The normalized spacial score (nSPS) is 18.1. The Balaban J connectivity index is 1.59. The number of hydrogen-bond donors (Lipinski definition) is 0. The molecule has 0 unspecified atom stereocenters. The van der Waals surface area contributed by atoms with Crippen LogP contribution in [-0.4, -0.2) is 40.8 Å². The van der Waals surface area contributed by atoms with E-state index in [4.69, 9.17) is 11.6 Å². The molecule has 1 aromatic heterocycles. The summed E-state index contributed by atoms with van der Waals surface area (Å²) in [6.07, 6.45) is 2.53. The van der Waals surface area contributed by atoms with Gasteiger partial charge in [-0.25, -0.2) is 13.1 Å². The summed E-state index contributed by atoms with van der Waals surface area (Å²) in [5.74, 6) is 6.21. The Hall–Kier alpha value is -2.66. The molecule has 0 N–H and O–H groups in total. The van der Waals surface area contributed by atoms with Crippen LogP contribution in [0.5, 0.6) is 0 Å². The standard InChI is InChI=1S/C23H23ClN4O2S/c1-23(2)16-28(14-13-18(23)9-4-7-17-8-5-10-19(24)15-17)31(29,30)21-12-6-11-20-22(21)25-26-27(20)3/h5-6,8-12,15H,13-14,16H2,1-3H3/b18-9+. The Labute approximate surface area is 187 Å². The van der Waals surface area contributed by atoms with Gasteiger partial charge in [-0.05, 0) is 42.8 Å². The second-order valence-corrected chi connectivity index (χ2v) is 10.6. The van der Waals surface area contributed by atoms with E-state index in [0.717, 1.165) is 11.1 Å². The molecule has 0 aliphatic carbocycles. The van der Waals surface area contributed by atoms with Crippen LogP contribution in [0, 0.1) is 17.3 Å². The van der Waals surface area contributed by atoms with Crippen molar-refractivity contribution in [2.24, 2.45) is 12.5 Å². The Morgan fingerprint density at radius 2 is 1.97 bits per heavy atom. The van der Waals surface area contributed by atoms with Crippen LogP contribution in [0.4, 0.5) is 0 Å². The quantitative estimate of drug-likeness (QED) is 0.548. The highest BCUT2D eigenvalue weighted by Gasteiger charge is 2.38. The minimum absolute atomic E-state index is 0.196. The van der Waals surface area contributed by atoms with E-state index in [1.165, 1.54) is 4.31 Å². The maximum absolute atomic E-state index is 13.4. The van der Waals surface area contributed by atoms with Crippen LogP contribution in [0.25, 0.3) is 11.0 Å². The fourth-order valence-electron chi connectivity index (χ4n) is 3.83. The van der Waals surface area contributed by atoms with Gasteiger partial charge in [0.1, 0.15) is 10.4 Å². The van der Waals surface area contributed by atoms with E-state index >= 15 is 0 Å². The van der Waals surface area contributed by atoms with Gasteiger partial charge in [-0.3, -0.25) is 0 Å². The van der Waals surface area contributed by atoms with Crippen molar-refractivity contribution >= 4 is 32.7 Å². The molecule has 0 saturated carbocycles. The molecule has 3 aromatic rings. The summed E-state index contributed by atoms with van der Waals surface area (Å²) in [5, 5.41) is 8.69. The van der Waals surface area contributed by atoms with Crippen LogP contribution >= 0.6 is 11.6 Å². The number of rotatable bonds is 2. The summed E-state index contributed by atoms with van der Waals surface area (Å²) in [7, 11) is -1.95. The monoisotopic (exact) mass is 454 g/mol. The van der Waals surface area contributed by atoms with E-state index in [0.29, 0.717) is 35.6 Å². The molecule has 0 spiro atoms. The zero-order chi connectivity index (χ0) is 22.2. The second-order valence-electron chi connectivity index (χ2n) is 8.26. The van der Waals surface area contributed by atoms with Crippen LogP contribution in [0.2, 0.25) is 5.02 Å². The van der Waals surface area contributed by atoms with Gasteiger partial charge in [0.2, 0.25) is 10.0 Å². The molecule has 0 bridgehead atoms. The van der Waals surface area contributed by atoms with Crippen molar-refractivity contribution in [3.05, 3.63) is 64.7 Å². The van der Waals surface area contributed by atoms with Gasteiger partial charge in [0.05, 0.1) is 5.52 Å². The van der Waals surface area contributed by atoms with E-state index in [9.17, 15) is 8.42 Å². The number of halogens is 1. The Morgan fingerprint density at radius 1 is 1.19 bits per heavy atom. The SMILES string of the molecule is Cn1nnc2c(S(=O)(=O)N3CC/C(=C\C#Cc4cccc(Cl)c4)C(C)(C)C3)cccc21. The molecule has 2 aromatic carbocycles. The number of benzene rings is 2. The van der Waals surface area contributed by atoms with Gasteiger partial charge in [0, 0.05) is 36.1 Å². The third-order valence-corrected chi connectivity index (χ3v) is 7.69. The fourth-order valence-corrected chi connectivity index (χ4v) is 5.76. The van der Waals surface area contributed by atoms with Gasteiger partial charge in [-0.15, -0.1) is 5.10 Å². The van der Waals surface area contributed by atoms with Gasteiger partial charge in [-0.2, -0.15) is 4.31 Å². The second kappa shape index (κ2) is 8.12. The van der Waals surface area contributed by atoms with Crippen molar-refractivity contribution in [1.29, 1.82) is 0 Å². The van der Waals surface area contributed by atoms with Crippen molar-refractivity contribution in [2.45, 2.75) is 25.2 Å². The summed E-state index contributed by atoms with van der Waals surface area (Å²) in [6, 6.07) is 12.5. The number of hydrogen-bond acceptors (Lipinski definition) is 4. The molecule has 1 aliphatic heterocycles. The average molecular weight is 455 g/mol. The van der Waals surface area contributed by atoms with Crippen molar-refractivity contribution in [2.75, 3.05) is 13.1 Å². The summed E-state index contributed by atoms with van der Waals surface area (Å²) in [5.41, 5.74) is 2.72. The van der Waals surface area contributed by atoms with E-state index in [-0.39, 0.29) is 10.3 Å². The molecular weight excluding hydrogens is 432 g/mol. The van der Waals surface area contributed by atoms with Crippen molar-refractivity contribution < 1.29 is 8.42 Å². The van der Waals surface area contributed by atoms with Gasteiger partial charge < -0.3 is 0 Å². The Kier molecular flexibility index (Phi) is 5.65. The molecule has 2 heterocycles. The molecule has 0 amide bonds. The molecular formula is C23H23ClN4O2S. The van der Waals surface area contributed by atoms with Crippen molar-refractivity contribution in [1.82, 2.24) is 19.3 Å². The highest BCUT2D eigenvalue weighted by atomic mass is 35.5. The number of aryl methyl sites for hydroxylation is 1. The van der Waals surface area contributed by atoms with Crippen LogP contribution < -0.4 is 0 Å².